The molecule has 0 saturated heterocycles. The molecule has 144 valence electrons. The molecule has 0 aromatic heterocycles. The van der Waals surface area contributed by atoms with E-state index < -0.39 is 13.2 Å². The molecule has 0 fully saturated rings. The van der Waals surface area contributed by atoms with Gasteiger partial charge in [0.2, 0.25) is 0 Å². The van der Waals surface area contributed by atoms with E-state index in [1.165, 1.54) is 50.8 Å². The number of carboxylic acid groups (broad SMARTS) is 1. The van der Waals surface area contributed by atoms with Gasteiger partial charge in [-0.25, -0.2) is 4.79 Å². The van der Waals surface area contributed by atoms with Gasteiger partial charge in [0.1, 0.15) is 0 Å². The predicted octanol–water partition coefficient (Wildman–Crippen LogP) is 7.46. The summed E-state index contributed by atoms with van der Waals surface area (Å²) in [5, 5.41) is 8.75. The fraction of sp³-hybridized carbons (Fsp3) is 0.667. The highest BCUT2D eigenvalue weighted by Crippen LogP contribution is 2.60. The normalized spacial score (nSPS) is 10.9. The lowest BCUT2D eigenvalue weighted by atomic mass is 10.2. The summed E-state index contributed by atoms with van der Waals surface area (Å²) < 4.78 is 0. The third-order valence-corrected chi connectivity index (χ3v) is 10.2. The fourth-order valence-corrected chi connectivity index (χ4v) is 7.72. The molecule has 0 spiro atoms. The van der Waals surface area contributed by atoms with Crippen LogP contribution in [0.3, 0.4) is 0 Å². The molecule has 1 aromatic rings. The van der Waals surface area contributed by atoms with E-state index >= 15 is 0 Å². The number of rotatable bonds is 11. The van der Waals surface area contributed by atoms with Crippen molar-refractivity contribution >= 4 is 24.8 Å². The number of aromatic carboxylic acids is 1. The zero-order valence-corrected chi connectivity index (χ0v) is 18.2. The second-order valence-electron chi connectivity index (χ2n) is 6.67. The molecule has 1 aromatic carbocycles. The van der Waals surface area contributed by atoms with Gasteiger partial charge < -0.3 is 5.11 Å². The number of benzene rings is 1. The Balaban J connectivity index is 0.000000496. The maximum atomic E-state index is 10.3. The van der Waals surface area contributed by atoms with Crippen molar-refractivity contribution < 1.29 is 9.90 Å². The van der Waals surface area contributed by atoms with Crippen LogP contribution in [0.15, 0.2) is 24.3 Å². The Morgan fingerprint density at radius 3 is 1.64 bits per heavy atom. The smallest absolute Gasteiger partial charge is 0.337 e. The van der Waals surface area contributed by atoms with Gasteiger partial charge in [-0.2, -0.15) is 0 Å². The van der Waals surface area contributed by atoms with Crippen molar-refractivity contribution in [3.8, 4) is 0 Å². The van der Waals surface area contributed by atoms with Gasteiger partial charge in [-0.3, -0.25) is 0 Å². The minimum atomic E-state index is -0.995. The number of hydrogen-bond acceptors (Lipinski definition) is 1. The summed E-state index contributed by atoms with van der Waals surface area (Å²) in [6.45, 7) is 9.46. The molecule has 0 aliphatic heterocycles. The van der Waals surface area contributed by atoms with Gasteiger partial charge in [0.15, 0.2) is 0 Å². The molecule has 1 rings (SSSR count). The van der Waals surface area contributed by atoms with Gasteiger partial charge in [-0.05, 0) is 38.3 Å². The Morgan fingerprint density at radius 2 is 1.36 bits per heavy atom. The Kier molecular flexibility index (Phi) is 14.2. The van der Waals surface area contributed by atoms with Crippen LogP contribution in [0, 0.1) is 0 Å². The summed E-state index contributed by atoms with van der Waals surface area (Å²) in [4.78, 5) is 10.3. The zero-order valence-electron chi connectivity index (χ0n) is 16.6. The summed E-state index contributed by atoms with van der Waals surface area (Å²) in [6.07, 6.45) is 14.9. The van der Waals surface area contributed by atoms with Gasteiger partial charge in [0, 0.05) is 7.26 Å². The summed E-state index contributed by atoms with van der Waals surface area (Å²) in [7, 11) is -0.527. The van der Waals surface area contributed by atoms with Crippen LogP contribution in [0.25, 0.3) is 0 Å². The third kappa shape index (κ3) is 10.2. The van der Waals surface area contributed by atoms with Crippen molar-refractivity contribution in [3.05, 3.63) is 34.9 Å². The lowest BCUT2D eigenvalue weighted by Gasteiger charge is -2.26. The lowest BCUT2D eigenvalue weighted by molar-refractivity contribution is 0.0697. The molecule has 0 unspecified atom stereocenters. The SMILES string of the molecule is CCCC[P+](CC)(CCCC)CCCC.O=C(O)c1ccccc1Cl. The maximum Gasteiger partial charge on any atom is 0.337 e. The molecule has 1 N–H and O–H groups in total. The molecule has 0 aliphatic rings. The Bertz CT molecular complexity index is 455. The molecule has 0 radical (unpaired) electrons. The zero-order chi connectivity index (χ0) is 19.1. The second-order valence-corrected chi connectivity index (χ2v) is 11.7. The van der Waals surface area contributed by atoms with Crippen molar-refractivity contribution in [1.29, 1.82) is 0 Å². The van der Waals surface area contributed by atoms with Crippen LogP contribution in [0.1, 0.15) is 76.6 Å². The minimum Gasteiger partial charge on any atom is -0.478 e. The summed E-state index contributed by atoms with van der Waals surface area (Å²) >= 11 is 5.54. The maximum absolute atomic E-state index is 10.3. The molecule has 4 heteroatoms. The Hall–Kier alpha value is -0.590. The molecular weight excluding hydrogens is 351 g/mol. The average Bonchev–Trinajstić information content (AvgIpc) is 2.62. The second kappa shape index (κ2) is 14.6. The van der Waals surface area contributed by atoms with E-state index in [0.29, 0.717) is 0 Å². The van der Waals surface area contributed by atoms with Crippen LogP contribution >= 0.6 is 18.9 Å². The van der Waals surface area contributed by atoms with E-state index in [1.807, 2.05) is 0 Å². The van der Waals surface area contributed by atoms with Gasteiger partial charge in [-0.1, -0.05) is 63.8 Å². The van der Waals surface area contributed by atoms with Crippen LogP contribution < -0.4 is 0 Å². The monoisotopic (exact) mass is 387 g/mol. The van der Waals surface area contributed by atoms with E-state index in [0.717, 1.165) is 0 Å². The van der Waals surface area contributed by atoms with Crippen LogP contribution in [-0.2, 0) is 0 Å². The number of unbranched alkanes of at least 4 members (excludes halogenated alkanes) is 3. The first-order valence-corrected chi connectivity index (χ1v) is 12.7. The van der Waals surface area contributed by atoms with Gasteiger partial charge >= 0.3 is 5.97 Å². The van der Waals surface area contributed by atoms with E-state index in [2.05, 4.69) is 27.7 Å². The Morgan fingerprint density at radius 1 is 0.920 bits per heavy atom. The van der Waals surface area contributed by atoms with E-state index in [1.54, 1.807) is 36.7 Å². The molecular formula is C21H37ClO2P+. The first kappa shape index (κ1) is 24.4. The molecule has 0 amide bonds. The average molecular weight is 388 g/mol. The molecule has 0 aliphatic carbocycles. The van der Waals surface area contributed by atoms with Gasteiger partial charge in [0.05, 0.1) is 35.2 Å². The highest BCUT2D eigenvalue weighted by atomic mass is 35.5. The number of carbonyl (C=O) groups is 1. The number of halogens is 1. The van der Waals surface area contributed by atoms with Crippen molar-refractivity contribution in [1.82, 2.24) is 0 Å². The van der Waals surface area contributed by atoms with E-state index in [4.69, 9.17) is 16.7 Å². The highest BCUT2D eigenvalue weighted by molar-refractivity contribution is 7.75. The van der Waals surface area contributed by atoms with E-state index in [-0.39, 0.29) is 10.6 Å². The van der Waals surface area contributed by atoms with Crippen LogP contribution in [0.5, 0.6) is 0 Å². The van der Waals surface area contributed by atoms with E-state index in [9.17, 15) is 4.79 Å². The molecule has 0 bridgehead atoms. The van der Waals surface area contributed by atoms with Crippen molar-refractivity contribution in [2.24, 2.45) is 0 Å². The minimum absolute atomic E-state index is 0.143. The summed E-state index contributed by atoms with van der Waals surface area (Å²) in [6, 6.07) is 6.33. The highest BCUT2D eigenvalue weighted by Gasteiger charge is 2.32. The number of carboxylic acids is 1. The largest absolute Gasteiger partial charge is 0.478 e. The first-order chi connectivity index (χ1) is 12.0. The molecule has 0 saturated carbocycles. The molecule has 25 heavy (non-hydrogen) atoms. The molecule has 0 heterocycles. The van der Waals surface area contributed by atoms with Gasteiger partial charge in [0.25, 0.3) is 0 Å². The topological polar surface area (TPSA) is 37.3 Å². The van der Waals surface area contributed by atoms with Crippen molar-refractivity contribution in [2.45, 2.75) is 66.2 Å². The summed E-state index contributed by atoms with van der Waals surface area (Å²) in [5.41, 5.74) is 0.143. The fourth-order valence-electron chi connectivity index (χ4n) is 2.92. The van der Waals surface area contributed by atoms with Crippen molar-refractivity contribution in [2.75, 3.05) is 24.6 Å². The molecule has 2 nitrogen and oxygen atoms in total. The first-order valence-electron chi connectivity index (χ1n) is 9.79. The van der Waals surface area contributed by atoms with Crippen LogP contribution in [-0.4, -0.2) is 35.7 Å². The van der Waals surface area contributed by atoms with Crippen molar-refractivity contribution in [3.63, 3.8) is 0 Å². The Labute approximate surface area is 160 Å². The number of hydrogen-bond donors (Lipinski definition) is 1. The lowest BCUT2D eigenvalue weighted by Crippen LogP contribution is -2.11. The van der Waals surface area contributed by atoms with Crippen LogP contribution in [0.2, 0.25) is 5.02 Å². The third-order valence-electron chi connectivity index (χ3n) is 4.73. The van der Waals surface area contributed by atoms with Crippen LogP contribution in [0.4, 0.5) is 0 Å². The molecule has 0 atom stereocenters. The predicted molar refractivity (Wildman–Crippen MR) is 115 cm³/mol. The van der Waals surface area contributed by atoms with Gasteiger partial charge in [-0.15, -0.1) is 0 Å². The summed E-state index contributed by atoms with van der Waals surface area (Å²) in [5.74, 6) is -0.995. The quantitative estimate of drug-likeness (QED) is 0.400. The standard InChI is InChI=1S/C14H32P.C7H5ClO2/c1-5-9-12-15(8-4,13-10-6-2)14-11-7-3;8-6-4-2-1-3-5(6)7(9)10/h5-14H2,1-4H3;1-4H,(H,9,10)/q+1;.